The second-order valence-electron chi connectivity index (χ2n) is 7.48. The van der Waals surface area contributed by atoms with Crippen LogP contribution in [0, 0.1) is 0 Å². The van der Waals surface area contributed by atoms with Crippen molar-refractivity contribution in [2.24, 2.45) is 0 Å². The van der Waals surface area contributed by atoms with Crippen LogP contribution in [0.25, 0.3) is 22.3 Å². The lowest BCUT2D eigenvalue weighted by Gasteiger charge is -2.38. The van der Waals surface area contributed by atoms with E-state index in [0.717, 1.165) is 24.3 Å². The van der Waals surface area contributed by atoms with Crippen LogP contribution in [0.15, 0.2) is 39.5 Å². The topological polar surface area (TPSA) is 228 Å². The predicted molar refractivity (Wildman–Crippen MR) is 110 cm³/mol. The Balaban J connectivity index is 1.91. The van der Waals surface area contributed by atoms with E-state index >= 15 is 0 Å². The van der Waals surface area contributed by atoms with Crippen LogP contribution < -0.4 is 10.2 Å². The fourth-order valence-corrected chi connectivity index (χ4v) is 3.50. The number of carbonyl (C=O) groups is 1. The number of aliphatic hydroxyl groups excluding tert-OH is 3. The SMILES string of the molecule is O=C(O)C1O[C@@H](Oc2c(-c3ccc(O)c(O)c3)oc3cc(O)cc(O)c3c2=O)C(O)C(O)[C@@H]1O. The van der Waals surface area contributed by atoms with Gasteiger partial charge in [-0.3, -0.25) is 4.79 Å². The minimum absolute atomic E-state index is 0.0483. The lowest BCUT2D eigenvalue weighted by molar-refractivity contribution is -0.271. The Morgan fingerprint density at radius 2 is 1.59 bits per heavy atom. The van der Waals surface area contributed by atoms with Gasteiger partial charge in [-0.05, 0) is 18.2 Å². The highest BCUT2D eigenvalue weighted by Crippen LogP contribution is 2.39. The van der Waals surface area contributed by atoms with E-state index in [-0.39, 0.29) is 11.1 Å². The Morgan fingerprint density at radius 1 is 0.882 bits per heavy atom. The molecule has 1 fully saturated rings. The molecule has 13 nitrogen and oxygen atoms in total. The van der Waals surface area contributed by atoms with E-state index in [2.05, 4.69) is 0 Å². The van der Waals surface area contributed by atoms with Gasteiger partial charge in [-0.1, -0.05) is 0 Å². The van der Waals surface area contributed by atoms with Gasteiger partial charge in [0.25, 0.3) is 0 Å². The maximum absolute atomic E-state index is 13.2. The predicted octanol–water partition coefficient (Wildman–Crippen LogP) is -0.447. The molecule has 0 amide bonds. The zero-order valence-electron chi connectivity index (χ0n) is 16.9. The van der Waals surface area contributed by atoms with Gasteiger partial charge in [0.15, 0.2) is 23.4 Å². The molecule has 4 rings (SSSR count). The highest BCUT2D eigenvalue weighted by molar-refractivity contribution is 5.88. The van der Waals surface area contributed by atoms with Gasteiger partial charge in [0.05, 0.1) is 0 Å². The first-order chi connectivity index (χ1) is 16.0. The van der Waals surface area contributed by atoms with Crippen LogP contribution in [0.1, 0.15) is 0 Å². The zero-order valence-corrected chi connectivity index (χ0v) is 16.9. The van der Waals surface area contributed by atoms with E-state index < -0.39 is 82.0 Å². The maximum atomic E-state index is 13.2. The summed E-state index contributed by atoms with van der Waals surface area (Å²) in [5.41, 5.74) is -1.40. The summed E-state index contributed by atoms with van der Waals surface area (Å²) < 4.78 is 16.1. The van der Waals surface area contributed by atoms with Crippen molar-refractivity contribution in [3.8, 4) is 40.1 Å². The molecule has 1 aliphatic rings. The minimum Gasteiger partial charge on any atom is -0.508 e. The van der Waals surface area contributed by atoms with Gasteiger partial charge in [-0.25, -0.2) is 4.79 Å². The van der Waals surface area contributed by atoms with Gasteiger partial charge in [0.2, 0.25) is 17.5 Å². The molecule has 0 bridgehead atoms. The molecular formula is C21H18O13. The van der Waals surface area contributed by atoms with Crippen LogP contribution in [0.3, 0.4) is 0 Å². The maximum Gasteiger partial charge on any atom is 0.335 e. The van der Waals surface area contributed by atoms with Gasteiger partial charge in [-0.2, -0.15) is 0 Å². The Kier molecular flexibility index (Phi) is 5.70. The summed E-state index contributed by atoms with van der Waals surface area (Å²) in [5.74, 6) is -5.11. The quantitative estimate of drug-likeness (QED) is 0.223. The molecule has 3 aromatic rings. The molecule has 3 unspecified atom stereocenters. The van der Waals surface area contributed by atoms with Crippen molar-refractivity contribution in [3.63, 3.8) is 0 Å². The molecule has 2 heterocycles. The van der Waals surface area contributed by atoms with Gasteiger partial charge in [0, 0.05) is 17.7 Å². The number of benzene rings is 2. The van der Waals surface area contributed by atoms with Gasteiger partial charge < -0.3 is 54.7 Å². The molecule has 34 heavy (non-hydrogen) atoms. The van der Waals surface area contributed by atoms with E-state index in [9.17, 15) is 50.4 Å². The van der Waals surface area contributed by atoms with Crippen molar-refractivity contribution in [2.75, 3.05) is 0 Å². The number of rotatable bonds is 4. The number of hydrogen-bond donors (Lipinski definition) is 8. The summed E-state index contributed by atoms with van der Waals surface area (Å²) in [6.45, 7) is 0. The van der Waals surface area contributed by atoms with Crippen LogP contribution in [0.2, 0.25) is 0 Å². The van der Waals surface area contributed by atoms with E-state index in [4.69, 9.17) is 13.9 Å². The van der Waals surface area contributed by atoms with Crippen molar-refractivity contribution in [2.45, 2.75) is 30.7 Å². The molecule has 0 aliphatic carbocycles. The monoisotopic (exact) mass is 478 g/mol. The second-order valence-corrected chi connectivity index (χ2v) is 7.48. The first-order valence-corrected chi connectivity index (χ1v) is 9.64. The number of ether oxygens (including phenoxy) is 2. The Morgan fingerprint density at radius 3 is 2.24 bits per heavy atom. The second kappa shape index (κ2) is 8.39. The number of aromatic hydroxyl groups is 4. The number of aliphatic carboxylic acids is 1. The number of carboxylic acids is 1. The molecule has 180 valence electrons. The number of fused-ring (bicyclic) bond motifs is 1. The first kappa shape index (κ1) is 23.1. The molecule has 8 N–H and O–H groups in total. The van der Waals surface area contributed by atoms with Crippen LogP contribution >= 0.6 is 0 Å². The van der Waals surface area contributed by atoms with E-state index in [1.54, 1.807) is 0 Å². The van der Waals surface area contributed by atoms with Crippen molar-refractivity contribution < 1.29 is 59.5 Å². The van der Waals surface area contributed by atoms with Crippen molar-refractivity contribution in [1.29, 1.82) is 0 Å². The molecule has 1 saturated heterocycles. The van der Waals surface area contributed by atoms with Crippen LogP contribution in [-0.2, 0) is 9.53 Å². The highest BCUT2D eigenvalue weighted by Gasteiger charge is 2.48. The van der Waals surface area contributed by atoms with Crippen LogP contribution in [0.4, 0.5) is 0 Å². The summed E-state index contributed by atoms with van der Waals surface area (Å²) in [7, 11) is 0. The fraction of sp³-hybridized carbons (Fsp3) is 0.238. The molecule has 0 saturated carbocycles. The summed E-state index contributed by atoms with van der Waals surface area (Å²) in [5, 5.41) is 78.3. The average Bonchev–Trinajstić information content (AvgIpc) is 2.76. The average molecular weight is 478 g/mol. The van der Waals surface area contributed by atoms with Gasteiger partial charge in [-0.15, -0.1) is 0 Å². The van der Waals surface area contributed by atoms with Gasteiger partial charge >= 0.3 is 5.97 Å². The molecule has 2 aromatic carbocycles. The summed E-state index contributed by atoms with van der Waals surface area (Å²) in [6, 6.07) is 5.13. The lowest BCUT2D eigenvalue weighted by atomic mass is 9.99. The first-order valence-electron chi connectivity index (χ1n) is 9.64. The number of phenolic OH excluding ortho intramolecular Hbond substituents is 4. The Labute approximate surface area is 188 Å². The minimum atomic E-state index is -2.03. The highest BCUT2D eigenvalue weighted by atomic mass is 16.7. The third kappa shape index (κ3) is 3.82. The molecular weight excluding hydrogens is 460 g/mol. The molecule has 1 aliphatic heterocycles. The summed E-state index contributed by atoms with van der Waals surface area (Å²) >= 11 is 0. The number of aliphatic hydroxyl groups is 3. The smallest absolute Gasteiger partial charge is 0.335 e. The van der Waals surface area contributed by atoms with E-state index in [1.807, 2.05) is 0 Å². The van der Waals surface area contributed by atoms with Crippen LogP contribution in [0.5, 0.6) is 28.7 Å². The summed E-state index contributed by atoms with van der Waals surface area (Å²) in [6.07, 6.45) is -10.1. The van der Waals surface area contributed by atoms with E-state index in [1.165, 1.54) is 6.07 Å². The normalized spacial score (nSPS) is 24.7. The summed E-state index contributed by atoms with van der Waals surface area (Å²) in [4.78, 5) is 24.6. The standard InChI is InChI=1S/C21H18O13/c22-7-4-10(25)12-11(5-7)32-17(6-1-2-8(23)9(24)3-6)18(13(12)26)33-21-16(29)14(27)15(28)19(34-21)20(30)31/h1-5,14-16,19,21-25,27-29H,(H,30,31)/t14?,15-,16?,19?,21+/m0/s1. The lowest BCUT2D eigenvalue weighted by Crippen LogP contribution is -2.61. The Hall–Kier alpha value is -4.04. The van der Waals surface area contributed by atoms with Crippen molar-refractivity contribution in [3.05, 3.63) is 40.6 Å². The third-order valence-corrected chi connectivity index (χ3v) is 5.20. The van der Waals surface area contributed by atoms with Crippen molar-refractivity contribution in [1.82, 2.24) is 0 Å². The molecule has 5 atom stereocenters. The zero-order chi connectivity index (χ0) is 24.9. The third-order valence-electron chi connectivity index (χ3n) is 5.20. The molecule has 1 aromatic heterocycles. The fourth-order valence-electron chi connectivity index (χ4n) is 3.50. The number of phenols is 4. The molecule has 13 heteroatoms. The van der Waals surface area contributed by atoms with Crippen molar-refractivity contribution >= 4 is 16.9 Å². The van der Waals surface area contributed by atoms with Gasteiger partial charge in [0.1, 0.15) is 40.8 Å². The van der Waals surface area contributed by atoms with E-state index in [0.29, 0.717) is 0 Å². The Bertz CT molecular complexity index is 1330. The van der Waals surface area contributed by atoms with Crippen LogP contribution in [-0.4, -0.2) is 77.5 Å². The number of carboxylic acid groups (broad SMARTS) is 1. The number of hydrogen-bond acceptors (Lipinski definition) is 12. The molecule has 0 radical (unpaired) electrons. The molecule has 0 spiro atoms. The largest absolute Gasteiger partial charge is 0.508 e.